The molecule has 0 aliphatic carbocycles. The summed E-state index contributed by atoms with van der Waals surface area (Å²) in [6.45, 7) is 15.1. The molecule has 0 rings (SSSR count). The molecular formula is C37H76O8. The lowest BCUT2D eigenvalue weighted by atomic mass is 9.93. The molecule has 0 aliphatic heterocycles. The monoisotopic (exact) mass is 649 g/mol. The van der Waals surface area contributed by atoms with Crippen LogP contribution < -0.4 is 0 Å². The SMILES string of the molecule is CCC=COCCCC(CCCCCCCC)C(OCC)(OCC)OCC.CCCCCCCCC(OC)C(OC)(OC)OC. The summed E-state index contributed by atoms with van der Waals surface area (Å²) in [5, 5.41) is 0. The summed E-state index contributed by atoms with van der Waals surface area (Å²) in [6, 6.07) is 0. The second kappa shape index (κ2) is 33.2. The smallest absolute Gasteiger partial charge is 0.310 e. The fourth-order valence-corrected chi connectivity index (χ4v) is 5.59. The summed E-state index contributed by atoms with van der Waals surface area (Å²) in [5.74, 6) is -1.78. The predicted octanol–water partition coefficient (Wildman–Crippen LogP) is 10.2. The van der Waals surface area contributed by atoms with E-state index in [-0.39, 0.29) is 12.0 Å². The highest BCUT2D eigenvalue weighted by Crippen LogP contribution is 2.34. The van der Waals surface area contributed by atoms with Gasteiger partial charge in [0.2, 0.25) is 0 Å². The van der Waals surface area contributed by atoms with Crippen molar-refractivity contribution in [1.29, 1.82) is 0 Å². The highest BCUT2D eigenvalue weighted by Gasteiger charge is 2.42. The highest BCUT2D eigenvalue weighted by molar-refractivity contribution is 4.74. The van der Waals surface area contributed by atoms with Gasteiger partial charge in [0.15, 0.2) is 0 Å². The van der Waals surface area contributed by atoms with Gasteiger partial charge < -0.3 is 37.9 Å². The van der Waals surface area contributed by atoms with E-state index in [1.807, 2.05) is 33.1 Å². The van der Waals surface area contributed by atoms with Gasteiger partial charge in [-0.3, -0.25) is 0 Å². The van der Waals surface area contributed by atoms with Gasteiger partial charge in [-0.1, -0.05) is 104 Å². The molecule has 0 aromatic heterocycles. The molecule has 0 amide bonds. The van der Waals surface area contributed by atoms with Gasteiger partial charge in [-0.15, -0.1) is 0 Å². The molecule has 8 nitrogen and oxygen atoms in total. The summed E-state index contributed by atoms with van der Waals surface area (Å²) in [6.07, 6.45) is 23.8. The normalized spacial score (nSPS) is 13.6. The molecule has 0 aliphatic rings. The van der Waals surface area contributed by atoms with E-state index in [9.17, 15) is 0 Å². The maximum Gasteiger partial charge on any atom is 0.310 e. The number of allylic oxidation sites excluding steroid dienone is 1. The van der Waals surface area contributed by atoms with Crippen LogP contribution in [-0.2, 0) is 37.9 Å². The van der Waals surface area contributed by atoms with Crippen molar-refractivity contribution in [2.45, 2.75) is 169 Å². The summed E-state index contributed by atoms with van der Waals surface area (Å²) in [4.78, 5) is 0. The minimum atomic E-state index is -1.09. The van der Waals surface area contributed by atoms with Crippen LogP contribution >= 0.6 is 0 Å². The molecule has 0 spiro atoms. The average Bonchev–Trinajstić information content (AvgIpc) is 3.05. The Morgan fingerprint density at radius 1 is 0.511 bits per heavy atom. The van der Waals surface area contributed by atoms with E-state index in [2.05, 4.69) is 20.8 Å². The first-order valence-electron chi connectivity index (χ1n) is 18.3. The Morgan fingerprint density at radius 3 is 1.38 bits per heavy atom. The fourth-order valence-electron chi connectivity index (χ4n) is 5.59. The van der Waals surface area contributed by atoms with Crippen molar-refractivity contribution >= 4 is 0 Å². The third kappa shape index (κ3) is 21.7. The molecule has 0 bridgehead atoms. The van der Waals surface area contributed by atoms with Gasteiger partial charge in [0.1, 0.15) is 6.10 Å². The van der Waals surface area contributed by atoms with Gasteiger partial charge in [0, 0.05) is 54.2 Å². The third-order valence-electron chi connectivity index (χ3n) is 8.04. The minimum absolute atomic E-state index is 0.205. The van der Waals surface area contributed by atoms with Crippen LogP contribution in [0.3, 0.4) is 0 Å². The maximum absolute atomic E-state index is 6.06. The van der Waals surface area contributed by atoms with Crippen LogP contribution in [0, 0.1) is 5.92 Å². The van der Waals surface area contributed by atoms with E-state index in [1.54, 1.807) is 28.4 Å². The molecular weight excluding hydrogens is 572 g/mol. The molecule has 8 heteroatoms. The molecule has 0 heterocycles. The average molecular weight is 649 g/mol. The van der Waals surface area contributed by atoms with Crippen LogP contribution in [0.5, 0.6) is 0 Å². The summed E-state index contributed by atoms with van der Waals surface area (Å²) in [5.41, 5.74) is 0. The van der Waals surface area contributed by atoms with Crippen molar-refractivity contribution in [3.8, 4) is 0 Å². The fraction of sp³-hybridized carbons (Fsp3) is 0.946. The summed E-state index contributed by atoms with van der Waals surface area (Å²) >= 11 is 0. The Kier molecular flexibility index (Phi) is 34.2. The topological polar surface area (TPSA) is 73.8 Å². The first kappa shape index (κ1) is 46.4. The van der Waals surface area contributed by atoms with E-state index in [0.29, 0.717) is 19.8 Å². The Balaban J connectivity index is 0. The van der Waals surface area contributed by atoms with Crippen molar-refractivity contribution in [3.05, 3.63) is 12.3 Å². The molecule has 0 aromatic rings. The van der Waals surface area contributed by atoms with Crippen LogP contribution in [0.2, 0.25) is 0 Å². The van der Waals surface area contributed by atoms with Crippen molar-refractivity contribution in [2.24, 2.45) is 5.92 Å². The molecule has 272 valence electrons. The molecule has 0 aromatic carbocycles. The van der Waals surface area contributed by atoms with Crippen molar-refractivity contribution < 1.29 is 37.9 Å². The molecule has 0 saturated heterocycles. The first-order chi connectivity index (χ1) is 21.9. The number of unbranched alkanes of at least 4 members (excludes halogenated alkanes) is 10. The summed E-state index contributed by atoms with van der Waals surface area (Å²) < 4.78 is 45.2. The molecule has 45 heavy (non-hydrogen) atoms. The van der Waals surface area contributed by atoms with Gasteiger partial charge in [0.25, 0.3) is 5.97 Å². The van der Waals surface area contributed by atoms with E-state index < -0.39 is 11.9 Å². The van der Waals surface area contributed by atoms with Gasteiger partial charge >= 0.3 is 5.97 Å². The Hall–Kier alpha value is -0.740. The lowest BCUT2D eigenvalue weighted by molar-refractivity contribution is -0.403. The van der Waals surface area contributed by atoms with Crippen LogP contribution in [0.15, 0.2) is 12.3 Å². The Labute approximate surface area is 279 Å². The number of hydrogen-bond acceptors (Lipinski definition) is 8. The second-order valence-corrected chi connectivity index (χ2v) is 11.4. The van der Waals surface area contributed by atoms with Crippen LogP contribution in [0.4, 0.5) is 0 Å². The predicted molar refractivity (Wildman–Crippen MR) is 186 cm³/mol. The first-order valence-corrected chi connectivity index (χ1v) is 18.3. The van der Waals surface area contributed by atoms with Gasteiger partial charge in [-0.2, -0.15) is 0 Å². The van der Waals surface area contributed by atoms with Crippen LogP contribution in [0.1, 0.15) is 151 Å². The second-order valence-electron chi connectivity index (χ2n) is 11.4. The highest BCUT2D eigenvalue weighted by atomic mass is 16.9. The van der Waals surface area contributed by atoms with E-state index in [1.165, 1.54) is 70.6 Å². The quantitative estimate of drug-likeness (QED) is 0.0405. The van der Waals surface area contributed by atoms with Crippen molar-refractivity contribution in [2.75, 3.05) is 54.9 Å². The van der Waals surface area contributed by atoms with Crippen molar-refractivity contribution in [1.82, 2.24) is 0 Å². The van der Waals surface area contributed by atoms with Crippen LogP contribution in [-0.4, -0.2) is 72.9 Å². The molecule has 0 N–H and O–H groups in total. The van der Waals surface area contributed by atoms with Gasteiger partial charge in [-0.25, -0.2) is 0 Å². The zero-order chi connectivity index (χ0) is 34.1. The molecule has 2 atom stereocenters. The third-order valence-corrected chi connectivity index (χ3v) is 8.04. The molecule has 0 fully saturated rings. The summed E-state index contributed by atoms with van der Waals surface area (Å²) in [7, 11) is 6.37. The van der Waals surface area contributed by atoms with Crippen molar-refractivity contribution in [3.63, 3.8) is 0 Å². The van der Waals surface area contributed by atoms with E-state index in [0.717, 1.165) is 45.1 Å². The molecule has 2 unspecified atom stereocenters. The van der Waals surface area contributed by atoms with Gasteiger partial charge in [-0.05, 0) is 52.9 Å². The standard InChI is InChI=1S/C23H46O4.C14H30O4/c1-6-11-13-14-15-16-18-22(19-17-21-24-20-12-7-2)23(25-8-3,26-9-4)27-10-5;1-6-7-8-9-10-11-12-13(15-2)14(16-3,17-4)18-5/h12,20,22H,6-11,13-19,21H2,1-5H3;13H,6-12H2,1-5H3. The number of methoxy groups -OCH3 is 4. The maximum atomic E-state index is 6.06. The lowest BCUT2D eigenvalue weighted by Gasteiger charge is -2.39. The molecule has 0 radical (unpaired) electrons. The van der Waals surface area contributed by atoms with Gasteiger partial charge in [0.05, 0.1) is 12.9 Å². The Morgan fingerprint density at radius 2 is 0.956 bits per heavy atom. The zero-order valence-corrected chi connectivity index (χ0v) is 31.4. The number of rotatable bonds is 32. The number of ether oxygens (including phenoxy) is 8. The Bertz CT molecular complexity index is 586. The lowest BCUT2D eigenvalue weighted by Crippen LogP contribution is -2.48. The van der Waals surface area contributed by atoms with Crippen LogP contribution in [0.25, 0.3) is 0 Å². The largest absolute Gasteiger partial charge is 0.502 e. The van der Waals surface area contributed by atoms with E-state index in [4.69, 9.17) is 37.9 Å². The van der Waals surface area contributed by atoms with E-state index >= 15 is 0 Å². The zero-order valence-electron chi connectivity index (χ0n) is 31.4. The molecule has 0 saturated carbocycles. The minimum Gasteiger partial charge on any atom is -0.502 e. The number of hydrogen-bond donors (Lipinski definition) is 0.